The third-order valence-corrected chi connectivity index (χ3v) is 5.21. The lowest BCUT2D eigenvalue weighted by Crippen LogP contribution is -2.54. The van der Waals surface area contributed by atoms with Crippen LogP contribution in [0.2, 0.25) is 0 Å². The van der Waals surface area contributed by atoms with Crippen molar-refractivity contribution in [1.82, 2.24) is 10.6 Å². The van der Waals surface area contributed by atoms with Gasteiger partial charge in [-0.25, -0.2) is 0 Å². The lowest BCUT2D eigenvalue weighted by molar-refractivity contribution is -0.147. The molecule has 4 fully saturated rings. The molecule has 0 heterocycles. The van der Waals surface area contributed by atoms with Crippen LogP contribution in [0.4, 0.5) is 0 Å². The van der Waals surface area contributed by atoms with E-state index < -0.39 is 0 Å². The number of rotatable bonds is 3. The van der Waals surface area contributed by atoms with Crippen molar-refractivity contribution in [3.8, 4) is 0 Å². The highest BCUT2D eigenvalue weighted by Gasteiger charge is 2.54. The predicted molar refractivity (Wildman–Crippen MR) is 67.7 cm³/mol. The van der Waals surface area contributed by atoms with E-state index in [0.29, 0.717) is 0 Å². The van der Waals surface area contributed by atoms with Crippen molar-refractivity contribution < 1.29 is 9.59 Å². The van der Waals surface area contributed by atoms with Crippen LogP contribution in [0.5, 0.6) is 0 Å². The molecule has 0 radical (unpaired) electrons. The highest BCUT2D eigenvalue weighted by Crippen LogP contribution is 2.60. The third-order valence-electron chi connectivity index (χ3n) is 5.21. The van der Waals surface area contributed by atoms with Crippen LogP contribution < -0.4 is 10.6 Å². The number of nitrogens with one attached hydrogen (secondary N) is 2. The first-order chi connectivity index (χ1) is 8.61. The van der Waals surface area contributed by atoms with E-state index in [9.17, 15) is 9.59 Å². The molecule has 0 saturated heterocycles. The summed E-state index contributed by atoms with van der Waals surface area (Å²) in [5.74, 6) is 2.31. The normalized spacial score (nSPS) is 40.6. The average molecular weight is 250 g/mol. The molecule has 4 rings (SSSR count). The van der Waals surface area contributed by atoms with Gasteiger partial charge in [0.1, 0.15) is 0 Å². The summed E-state index contributed by atoms with van der Waals surface area (Å²) >= 11 is 0. The molecule has 4 heteroatoms. The van der Waals surface area contributed by atoms with E-state index in [-0.39, 0.29) is 23.8 Å². The van der Waals surface area contributed by atoms with Gasteiger partial charge in [0.15, 0.2) is 0 Å². The number of amides is 2. The van der Waals surface area contributed by atoms with Crippen LogP contribution in [0, 0.1) is 23.2 Å². The van der Waals surface area contributed by atoms with Gasteiger partial charge in [-0.3, -0.25) is 9.59 Å². The van der Waals surface area contributed by atoms with E-state index >= 15 is 0 Å². The zero-order valence-electron chi connectivity index (χ0n) is 11.0. The summed E-state index contributed by atoms with van der Waals surface area (Å²) in [6, 6.07) is 0. The second-order valence-corrected chi connectivity index (χ2v) is 6.55. The molecule has 0 aromatic carbocycles. The minimum atomic E-state index is -0.136. The van der Waals surface area contributed by atoms with Crippen molar-refractivity contribution in [2.24, 2.45) is 23.2 Å². The fourth-order valence-electron chi connectivity index (χ4n) is 4.83. The van der Waals surface area contributed by atoms with Gasteiger partial charge in [-0.2, -0.15) is 0 Å². The standard InChI is InChI=1S/C14H22N2O2/c1-15-12(17)8-16-13(18)14-5-9-2-10(6-14)4-11(3-9)7-14/h9-11H,2-8H2,1H3,(H,15,17)(H,16,18). The van der Waals surface area contributed by atoms with E-state index in [0.717, 1.165) is 37.0 Å². The Hall–Kier alpha value is -1.06. The molecule has 0 unspecified atom stereocenters. The maximum Gasteiger partial charge on any atom is 0.239 e. The maximum absolute atomic E-state index is 12.4. The van der Waals surface area contributed by atoms with Crippen molar-refractivity contribution in [1.29, 1.82) is 0 Å². The highest BCUT2D eigenvalue weighted by molar-refractivity contribution is 5.88. The largest absolute Gasteiger partial charge is 0.358 e. The Bertz CT molecular complexity index is 343. The number of likely N-dealkylation sites (N-methyl/N-ethyl adjacent to an activating group) is 1. The maximum atomic E-state index is 12.4. The van der Waals surface area contributed by atoms with Gasteiger partial charge in [0, 0.05) is 12.5 Å². The molecule has 0 aliphatic heterocycles. The topological polar surface area (TPSA) is 58.2 Å². The van der Waals surface area contributed by atoms with Crippen LogP contribution in [0.15, 0.2) is 0 Å². The van der Waals surface area contributed by atoms with Crippen LogP contribution in [0.1, 0.15) is 38.5 Å². The number of hydrogen-bond donors (Lipinski definition) is 2. The molecule has 4 aliphatic rings. The second-order valence-electron chi connectivity index (χ2n) is 6.55. The van der Waals surface area contributed by atoms with Gasteiger partial charge in [-0.1, -0.05) is 0 Å². The van der Waals surface area contributed by atoms with Gasteiger partial charge < -0.3 is 10.6 Å². The smallest absolute Gasteiger partial charge is 0.239 e. The Labute approximate surface area is 108 Å². The molecule has 0 atom stereocenters. The number of carbonyl (C=O) groups is 2. The molecule has 0 spiro atoms. The van der Waals surface area contributed by atoms with Crippen molar-refractivity contribution in [3.05, 3.63) is 0 Å². The van der Waals surface area contributed by atoms with Crippen molar-refractivity contribution >= 4 is 11.8 Å². The lowest BCUT2D eigenvalue weighted by atomic mass is 9.49. The monoisotopic (exact) mass is 250 g/mol. The first-order valence-corrected chi connectivity index (χ1v) is 7.10. The molecule has 0 aromatic heterocycles. The van der Waals surface area contributed by atoms with E-state index in [1.54, 1.807) is 7.05 Å². The van der Waals surface area contributed by atoms with Crippen LogP contribution in [0.25, 0.3) is 0 Å². The first-order valence-electron chi connectivity index (χ1n) is 7.10. The Kier molecular flexibility index (Phi) is 2.83. The molecule has 4 nitrogen and oxygen atoms in total. The summed E-state index contributed by atoms with van der Waals surface area (Å²) in [6.07, 6.45) is 7.17. The molecule has 2 N–H and O–H groups in total. The summed E-state index contributed by atoms with van der Waals surface area (Å²) in [4.78, 5) is 23.6. The van der Waals surface area contributed by atoms with Gasteiger partial charge in [-0.05, 0) is 56.3 Å². The average Bonchev–Trinajstić information content (AvgIpc) is 2.33. The molecular formula is C14H22N2O2. The van der Waals surface area contributed by atoms with Crippen molar-refractivity contribution in [3.63, 3.8) is 0 Å². The number of hydrogen-bond acceptors (Lipinski definition) is 2. The van der Waals surface area contributed by atoms with Crippen molar-refractivity contribution in [2.45, 2.75) is 38.5 Å². The quantitative estimate of drug-likeness (QED) is 0.787. The van der Waals surface area contributed by atoms with E-state index in [4.69, 9.17) is 0 Å². The molecule has 2 amide bonds. The molecule has 4 bridgehead atoms. The SMILES string of the molecule is CNC(=O)CNC(=O)C12CC3CC(CC(C3)C1)C2. The molecule has 0 aromatic rings. The van der Waals surface area contributed by atoms with Crippen LogP contribution in [-0.4, -0.2) is 25.4 Å². The second kappa shape index (κ2) is 4.25. The van der Waals surface area contributed by atoms with Crippen LogP contribution in [0.3, 0.4) is 0 Å². The first kappa shape index (κ1) is 12.0. The van der Waals surface area contributed by atoms with Gasteiger partial charge in [0.25, 0.3) is 0 Å². The summed E-state index contributed by atoms with van der Waals surface area (Å²) in [5.41, 5.74) is -0.136. The third kappa shape index (κ3) is 1.91. The van der Waals surface area contributed by atoms with Gasteiger partial charge in [0.05, 0.1) is 6.54 Å². The minimum Gasteiger partial charge on any atom is -0.358 e. The fourth-order valence-corrected chi connectivity index (χ4v) is 4.83. The fraction of sp³-hybridized carbons (Fsp3) is 0.857. The van der Waals surface area contributed by atoms with Gasteiger partial charge in [-0.15, -0.1) is 0 Å². The van der Waals surface area contributed by atoms with E-state index in [1.165, 1.54) is 19.3 Å². The highest BCUT2D eigenvalue weighted by atomic mass is 16.2. The van der Waals surface area contributed by atoms with E-state index in [1.807, 2.05) is 0 Å². The summed E-state index contributed by atoms with van der Waals surface area (Å²) < 4.78 is 0. The van der Waals surface area contributed by atoms with Gasteiger partial charge in [0.2, 0.25) is 11.8 Å². The number of carbonyl (C=O) groups excluding carboxylic acids is 2. The van der Waals surface area contributed by atoms with Crippen molar-refractivity contribution in [2.75, 3.05) is 13.6 Å². The van der Waals surface area contributed by atoms with Gasteiger partial charge >= 0.3 is 0 Å². The molecule has 4 saturated carbocycles. The Balaban J connectivity index is 1.67. The Morgan fingerprint density at radius 1 is 1.06 bits per heavy atom. The summed E-state index contributed by atoms with van der Waals surface area (Å²) in [7, 11) is 1.60. The lowest BCUT2D eigenvalue weighted by Gasteiger charge is -2.55. The Morgan fingerprint density at radius 3 is 2.00 bits per heavy atom. The molecule has 18 heavy (non-hydrogen) atoms. The predicted octanol–water partition coefficient (Wildman–Crippen LogP) is 1.06. The minimum absolute atomic E-state index is 0.118. The zero-order chi connectivity index (χ0) is 12.8. The summed E-state index contributed by atoms with van der Waals surface area (Å²) in [5, 5.41) is 5.38. The van der Waals surface area contributed by atoms with Crippen LogP contribution in [-0.2, 0) is 9.59 Å². The van der Waals surface area contributed by atoms with Crippen LogP contribution >= 0.6 is 0 Å². The molecule has 4 aliphatic carbocycles. The molecular weight excluding hydrogens is 228 g/mol. The summed E-state index contributed by atoms with van der Waals surface area (Å²) in [6.45, 7) is 0.122. The Morgan fingerprint density at radius 2 is 1.56 bits per heavy atom. The van der Waals surface area contributed by atoms with E-state index in [2.05, 4.69) is 10.6 Å². The molecule has 100 valence electrons. The zero-order valence-corrected chi connectivity index (χ0v) is 11.0.